The molecule has 0 radical (unpaired) electrons. The zero-order valence-electron chi connectivity index (χ0n) is 24.9. The Balaban J connectivity index is 1.41. The summed E-state index contributed by atoms with van der Waals surface area (Å²) in [6, 6.07) is 15.9. The predicted octanol–water partition coefficient (Wildman–Crippen LogP) is 5.55. The van der Waals surface area contributed by atoms with Gasteiger partial charge in [0.15, 0.2) is 34.7 Å². The van der Waals surface area contributed by atoms with Crippen LogP contribution < -0.4 is 33.7 Å². The van der Waals surface area contributed by atoms with E-state index in [1.54, 1.807) is 43.5 Å². The molecule has 0 spiro atoms. The molecule has 0 bridgehead atoms. The lowest BCUT2D eigenvalue weighted by Gasteiger charge is -2.13. The standard InChI is InChI=1S/C31H30N4O8S/c1-17(36)35-23(15-22(34-35)19-12-26(40-4)30(42-6)27(13-19)41-5)18-7-10-24(39-3)25(11-18)43-16-29(37)33-31-32-21-9-8-20(38-2)14-28(21)44-31/h7-15H,16H2,1-6H3,(H,32,33,37). The minimum atomic E-state index is -0.401. The molecule has 1 amide bonds. The van der Waals surface area contributed by atoms with E-state index in [-0.39, 0.29) is 12.5 Å². The van der Waals surface area contributed by atoms with E-state index >= 15 is 0 Å². The average molecular weight is 619 g/mol. The molecule has 1 N–H and O–H groups in total. The summed E-state index contributed by atoms with van der Waals surface area (Å²) in [6.45, 7) is 1.11. The molecule has 2 aromatic heterocycles. The lowest BCUT2D eigenvalue weighted by atomic mass is 10.1. The van der Waals surface area contributed by atoms with Crippen LogP contribution in [0.1, 0.15) is 11.7 Å². The van der Waals surface area contributed by atoms with Gasteiger partial charge in [-0.3, -0.25) is 14.9 Å². The number of benzene rings is 3. The molecule has 2 heterocycles. The van der Waals surface area contributed by atoms with Gasteiger partial charge in [0.05, 0.1) is 57.2 Å². The summed E-state index contributed by atoms with van der Waals surface area (Å²) < 4.78 is 35.1. The Morgan fingerprint density at radius 3 is 2.14 bits per heavy atom. The molecule has 0 saturated heterocycles. The maximum absolute atomic E-state index is 12.8. The Kier molecular flexibility index (Phi) is 8.86. The van der Waals surface area contributed by atoms with Crippen LogP contribution in [0.3, 0.4) is 0 Å². The molecule has 228 valence electrons. The first-order chi connectivity index (χ1) is 21.3. The molecule has 0 saturated carbocycles. The van der Waals surface area contributed by atoms with Crippen LogP contribution >= 0.6 is 11.3 Å². The predicted molar refractivity (Wildman–Crippen MR) is 166 cm³/mol. The summed E-state index contributed by atoms with van der Waals surface area (Å²) in [5.74, 6) is 2.05. The van der Waals surface area contributed by atoms with Crippen molar-refractivity contribution in [2.24, 2.45) is 0 Å². The summed E-state index contributed by atoms with van der Waals surface area (Å²) in [7, 11) is 7.66. The number of aromatic nitrogens is 3. The fourth-order valence-corrected chi connectivity index (χ4v) is 5.44. The summed E-state index contributed by atoms with van der Waals surface area (Å²) in [5.41, 5.74) is 3.01. The molecule has 3 aromatic carbocycles. The van der Waals surface area contributed by atoms with Gasteiger partial charge in [-0.2, -0.15) is 9.78 Å². The lowest BCUT2D eigenvalue weighted by molar-refractivity contribution is -0.118. The van der Waals surface area contributed by atoms with E-state index in [0.717, 1.165) is 10.2 Å². The number of thiazole rings is 1. The Labute approximate surface area is 257 Å². The second-order valence-electron chi connectivity index (χ2n) is 9.31. The van der Waals surface area contributed by atoms with Gasteiger partial charge in [-0.1, -0.05) is 11.3 Å². The molecule has 0 unspecified atom stereocenters. The number of nitrogens with zero attached hydrogens (tertiary/aromatic N) is 3. The van der Waals surface area contributed by atoms with Crippen LogP contribution in [0.25, 0.3) is 32.7 Å². The second kappa shape index (κ2) is 12.9. The largest absolute Gasteiger partial charge is 0.497 e. The molecule has 5 rings (SSSR count). The molecule has 0 atom stereocenters. The fraction of sp³-hybridized carbons (Fsp3) is 0.226. The molecular weight excluding hydrogens is 588 g/mol. The highest BCUT2D eigenvalue weighted by Crippen LogP contribution is 2.42. The van der Waals surface area contributed by atoms with Crippen LogP contribution in [0, 0.1) is 0 Å². The average Bonchev–Trinajstić information content (AvgIpc) is 3.67. The monoisotopic (exact) mass is 618 g/mol. The first kappa shape index (κ1) is 30.2. The number of ether oxygens (including phenoxy) is 6. The van der Waals surface area contributed by atoms with E-state index in [2.05, 4.69) is 15.4 Å². The third kappa shape index (κ3) is 6.08. The number of rotatable bonds is 11. The van der Waals surface area contributed by atoms with Crippen LogP contribution in [0.4, 0.5) is 5.13 Å². The van der Waals surface area contributed by atoms with Crippen LogP contribution in [0.15, 0.2) is 54.6 Å². The van der Waals surface area contributed by atoms with Crippen molar-refractivity contribution in [1.29, 1.82) is 0 Å². The maximum Gasteiger partial charge on any atom is 0.264 e. The van der Waals surface area contributed by atoms with Gasteiger partial charge in [0.2, 0.25) is 11.7 Å². The minimum absolute atomic E-state index is 0.301. The van der Waals surface area contributed by atoms with Crippen molar-refractivity contribution < 1.29 is 38.0 Å². The molecule has 44 heavy (non-hydrogen) atoms. The Hall–Kier alpha value is -5.30. The molecule has 0 aliphatic rings. The number of anilines is 1. The first-order valence-corrected chi connectivity index (χ1v) is 14.1. The molecule has 13 heteroatoms. The number of amides is 1. The van der Waals surface area contributed by atoms with Gasteiger partial charge < -0.3 is 28.4 Å². The molecule has 0 aliphatic heterocycles. The van der Waals surface area contributed by atoms with Crippen molar-refractivity contribution in [2.45, 2.75) is 6.92 Å². The van der Waals surface area contributed by atoms with Crippen molar-refractivity contribution >= 4 is 38.5 Å². The topological polar surface area (TPSA) is 132 Å². The number of methoxy groups -OCH3 is 5. The number of hydrogen-bond donors (Lipinski definition) is 1. The molecular formula is C31H30N4O8S. The Morgan fingerprint density at radius 2 is 1.50 bits per heavy atom. The number of nitrogens with one attached hydrogen (secondary N) is 1. The molecule has 0 fully saturated rings. The van der Waals surface area contributed by atoms with Crippen molar-refractivity contribution in [2.75, 3.05) is 47.5 Å². The fourth-order valence-electron chi connectivity index (χ4n) is 4.53. The van der Waals surface area contributed by atoms with Gasteiger partial charge in [-0.15, -0.1) is 0 Å². The number of fused-ring (bicyclic) bond motifs is 1. The number of hydrogen-bond acceptors (Lipinski definition) is 11. The summed E-state index contributed by atoms with van der Waals surface area (Å²) in [5, 5.41) is 7.76. The molecule has 0 aliphatic carbocycles. The summed E-state index contributed by atoms with van der Waals surface area (Å²) >= 11 is 1.33. The van der Waals surface area contributed by atoms with Gasteiger partial charge in [-0.25, -0.2) is 4.98 Å². The van der Waals surface area contributed by atoms with Crippen molar-refractivity contribution in [1.82, 2.24) is 14.8 Å². The van der Waals surface area contributed by atoms with E-state index in [1.165, 1.54) is 51.4 Å². The third-order valence-corrected chi connectivity index (χ3v) is 7.56. The van der Waals surface area contributed by atoms with E-state index in [4.69, 9.17) is 28.4 Å². The van der Waals surface area contributed by atoms with Crippen LogP contribution in [-0.2, 0) is 4.79 Å². The van der Waals surface area contributed by atoms with Crippen molar-refractivity contribution in [3.05, 3.63) is 54.6 Å². The molecule has 5 aromatic rings. The summed E-state index contributed by atoms with van der Waals surface area (Å²) in [4.78, 5) is 29.9. The molecule has 12 nitrogen and oxygen atoms in total. The van der Waals surface area contributed by atoms with Crippen molar-refractivity contribution in [3.63, 3.8) is 0 Å². The second-order valence-corrected chi connectivity index (χ2v) is 10.3. The van der Waals surface area contributed by atoms with E-state index in [1.807, 2.05) is 18.2 Å². The quantitative estimate of drug-likeness (QED) is 0.201. The highest BCUT2D eigenvalue weighted by molar-refractivity contribution is 7.22. The van der Waals surface area contributed by atoms with Crippen LogP contribution in [0.2, 0.25) is 0 Å². The Morgan fingerprint density at radius 1 is 0.795 bits per heavy atom. The Bertz CT molecular complexity index is 1820. The zero-order valence-corrected chi connectivity index (χ0v) is 25.7. The van der Waals surface area contributed by atoms with E-state index in [9.17, 15) is 9.59 Å². The smallest absolute Gasteiger partial charge is 0.264 e. The number of carbonyl (C=O) groups is 2. The minimum Gasteiger partial charge on any atom is -0.497 e. The van der Waals surface area contributed by atoms with Gasteiger partial charge in [0, 0.05) is 18.1 Å². The SMILES string of the molecule is COc1ccc2nc(NC(=O)COc3cc(-c4cc(-c5cc(OC)c(OC)c(OC)c5)nn4C(C)=O)ccc3OC)sc2c1. The number of carbonyl (C=O) groups excluding carboxylic acids is 2. The highest BCUT2D eigenvalue weighted by Gasteiger charge is 2.20. The van der Waals surface area contributed by atoms with Gasteiger partial charge >= 0.3 is 0 Å². The van der Waals surface area contributed by atoms with Gasteiger partial charge in [-0.05, 0) is 54.6 Å². The van der Waals surface area contributed by atoms with Gasteiger partial charge in [0.25, 0.3) is 5.91 Å². The van der Waals surface area contributed by atoms with Crippen molar-refractivity contribution in [3.8, 4) is 57.0 Å². The zero-order chi connectivity index (χ0) is 31.4. The normalized spacial score (nSPS) is 10.8. The first-order valence-electron chi connectivity index (χ1n) is 13.3. The van der Waals surface area contributed by atoms with Crippen LogP contribution in [0.5, 0.6) is 34.5 Å². The van der Waals surface area contributed by atoms with E-state index in [0.29, 0.717) is 62.1 Å². The summed E-state index contributed by atoms with van der Waals surface area (Å²) in [6.07, 6.45) is 0. The third-order valence-electron chi connectivity index (χ3n) is 6.63. The lowest BCUT2D eigenvalue weighted by Crippen LogP contribution is -2.20. The maximum atomic E-state index is 12.8. The van der Waals surface area contributed by atoms with Gasteiger partial charge in [0.1, 0.15) is 5.75 Å². The van der Waals surface area contributed by atoms with Crippen LogP contribution in [-0.4, -0.2) is 68.7 Å². The van der Waals surface area contributed by atoms with E-state index < -0.39 is 5.91 Å². The highest BCUT2D eigenvalue weighted by atomic mass is 32.1.